The molecular weight excluding hydrogens is 170 g/mol. The third-order valence-electron chi connectivity index (χ3n) is 1.52. The van der Waals surface area contributed by atoms with Crippen LogP contribution in [0.4, 0.5) is 5.69 Å². The lowest BCUT2D eigenvalue weighted by Crippen LogP contribution is -2.12. The number of nitro groups is 1. The smallest absolute Gasteiger partial charge is 0.269 e. The number of nitro benzene ring substituents is 1. The van der Waals surface area contributed by atoms with Crippen LogP contribution >= 0.6 is 0 Å². The number of rotatable bonds is 3. The first kappa shape index (κ1) is 9.18. The van der Waals surface area contributed by atoms with E-state index in [0.29, 0.717) is 5.56 Å². The Bertz CT molecular complexity index is 349. The van der Waals surface area contributed by atoms with Gasteiger partial charge in [0.2, 0.25) is 0 Å². The summed E-state index contributed by atoms with van der Waals surface area (Å²) in [6.45, 7) is 0. The second kappa shape index (κ2) is 3.66. The molecule has 68 valence electrons. The van der Waals surface area contributed by atoms with Crippen molar-refractivity contribution >= 4 is 11.5 Å². The predicted octanol–water partition coefficient (Wildman–Crippen LogP) is 1.07. The van der Waals surface area contributed by atoms with Crippen LogP contribution in [0.3, 0.4) is 0 Å². The molecule has 0 aliphatic heterocycles. The lowest BCUT2D eigenvalue weighted by Gasteiger charge is -1.98. The first-order valence-corrected chi connectivity index (χ1v) is 3.66. The molecular formula is C8H9N3O2. The molecule has 0 aliphatic carbocycles. The van der Waals surface area contributed by atoms with Gasteiger partial charge in [0, 0.05) is 18.6 Å². The fourth-order valence-corrected chi connectivity index (χ4v) is 1.000. The first-order chi connectivity index (χ1) is 6.09. The van der Waals surface area contributed by atoms with Gasteiger partial charge in [0.1, 0.15) is 0 Å². The maximum atomic E-state index is 10.4. The van der Waals surface area contributed by atoms with E-state index in [-0.39, 0.29) is 17.9 Å². The van der Waals surface area contributed by atoms with Crippen LogP contribution in [0.5, 0.6) is 0 Å². The van der Waals surface area contributed by atoms with Gasteiger partial charge < -0.3 is 5.73 Å². The fourth-order valence-electron chi connectivity index (χ4n) is 1.000. The summed E-state index contributed by atoms with van der Waals surface area (Å²) >= 11 is 0. The summed E-state index contributed by atoms with van der Waals surface area (Å²) in [7, 11) is 0. The van der Waals surface area contributed by atoms with Gasteiger partial charge in [-0.2, -0.15) is 0 Å². The second-order valence-corrected chi connectivity index (χ2v) is 2.63. The van der Waals surface area contributed by atoms with Crippen LogP contribution in [0, 0.1) is 15.5 Å². The molecule has 13 heavy (non-hydrogen) atoms. The Hall–Kier alpha value is -1.91. The molecule has 5 nitrogen and oxygen atoms in total. The largest absolute Gasteiger partial charge is 0.387 e. The fraction of sp³-hybridized carbons (Fsp3) is 0.125. The molecule has 0 fully saturated rings. The van der Waals surface area contributed by atoms with E-state index in [9.17, 15) is 10.1 Å². The van der Waals surface area contributed by atoms with E-state index in [1.54, 1.807) is 12.1 Å². The van der Waals surface area contributed by atoms with Gasteiger partial charge in [-0.3, -0.25) is 15.5 Å². The van der Waals surface area contributed by atoms with Crippen molar-refractivity contribution in [2.75, 3.05) is 0 Å². The van der Waals surface area contributed by atoms with E-state index in [1.807, 2.05) is 0 Å². The molecule has 0 aliphatic rings. The minimum Gasteiger partial charge on any atom is -0.387 e. The molecule has 1 aromatic rings. The topological polar surface area (TPSA) is 93.0 Å². The zero-order valence-corrected chi connectivity index (χ0v) is 6.86. The quantitative estimate of drug-likeness (QED) is 0.314. The zero-order valence-electron chi connectivity index (χ0n) is 6.86. The number of nitrogens with one attached hydrogen (secondary N) is 1. The molecule has 0 spiro atoms. The number of benzene rings is 1. The van der Waals surface area contributed by atoms with Crippen molar-refractivity contribution in [3.05, 3.63) is 39.9 Å². The van der Waals surface area contributed by atoms with Gasteiger partial charge in [-0.25, -0.2) is 0 Å². The van der Waals surface area contributed by atoms with E-state index in [1.165, 1.54) is 12.1 Å². The Kier molecular flexibility index (Phi) is 2.59. The van der Waals surface area contributed by atoms with Gasteiger partial charge in [-0.05, 0) is 5.56 Å². The van der Waals surface area contributed by atoms with Crippen LogP contribution in [-0.4, -0.2) is 10.8 Å². The van der Waals surface area contributed by atoms with E-state index in [0.717, 1.165) is 0 Å². The Labute approximate surface area is 74.8 Å². The van der Waals surface area contributed by atoms with Gasteiger partial charge >= 0.3 is 0 Å². The molecule has 0 heterocycles. The van der Waals surface area contributed by atoms with Crippen LogP contribution in [0.15, 0.2) is 24.3 Å². The molecule has 3 N–H and O–H groups in total. The number of nitrogens with two attached hydrogens (primary N) is 1. The Morgan fingerprint density at radius 3 is 2.85 bits per heavy atom. The Morgan fingerprint density at radius 1 is 1.62 bits per heavy atom. The average Bonchev–Trinajstić information content (AvgIpc) is 2.03. The van der Waals surface area contributed by atoms with Crippen molar-refractivity contribution in [1.29, 1.82) is 5.41 Å². The number of nitrogens with zero attached hydrogens (tertiary/aromatic N) is 1. The monoisotopic (exact) mass is 179 g/mol. The molecule has 0 saturated carbocycles. The Balaban J connectivity index is 2.91. The molecule has 1 rings (SSSR count). The van der Waals surface area contributed by atoms with E-state index in [2.05, 4.69) is 0 Å². The van der Waals surface area contributed by atoms with E-state index in [4.69, 9.17) is 11.1 Å². The highest BCUT2D eigenvalue weighted by Crippen LogP contribution is 2.12. The van der Waals surface area contributed by atoms with Gasteiger partial charge in [-0.15, -0.1) is 0 Å². The minimum absolute atomic E-state index is 0.000461. The summed E-state index contributed by atoms with van der Waals surface area (Å²) in [4.78, 5) is 9.89. The molecule has 0 saturated heterocycles. The minimum atomic E-state index is -0.469. The van der Waals surface area contributed by atoms with E-state index < -0.39 is 4.92 Å². The Morgan fingerprint density at radius 2 is 2.31 bits per heavy atom. The molecule has 0 bridgehead atoms. The molecule has 0 aromatic heterocycles. The second-order valence-electron chi connectivity index (χ2n) is 2.63. The summed E-state index contributed by atoms with van der Waals surface area (Å²) in [5.74, 6) is 0.000461. The van der Waals surface area contributed by atoms with Crippen molar-refractivity contribution in [2.45, 2.75) is 6.42 Å². The van der Waals surface area contributed by atoms with Gasteiger partial charge in [-0.1, -0.05) is 12.1 Å². The maximum Gasteiger partial charge on any atom is 0.269 e. The summed E-state index contributed by atoms with van der Waals surface area (Å²) < 4.78 is 0. The molecule has 0 radical (unpaired) electrons. The summed E-state index contributed by atoms with van der Waals surface area (Å²) in [5.41, 5.74) is 5.87. The number of non-ortho nitro benzene ring substituents is 1. The van der Waals surface area contributed by atoms with Gasteiger partial charge in [0.25, 0.3) is 5.69 Å². The lowest BCUT2D eigenvalue weighted by atomic mass is 10.1. The molecule has 0 amide bonds. The highest BCUT2D eigenvalue weighted by Gasteiger charge is 2.05. The zero-order chi connectivity index (χ0) is 9.84. The van der Waals surface area contributed by atoms with Crippen LogP contribution in [0.2, 0.25) is 0 Å². The number of hydrogen-bond acceptors (Lipinski definition) is 3. The molecule has 5 heteroatoms. The molecule has 1 aromatic carbocycles. The van der Waals surface area contributed by atoms with Gasteiger partial charge in [0.15, 0.2) is 0 Å². The maximum absolute atomic E-state index is 10.4. The summed E-state index contributed by atoms with van der Waals surface area (Å²) in [6.07, 6.45) is 0.252. The van der Waals surface area contributed by atoms with Crippen molar-refractivity contribution in [3.63, 3.8) is 0 Å². The highest BCUT2D eigenvalue weighted by atomic mass is 16.6. The van der Waals surface area contributed by atoms with Gasteiger partial charge in [0.05, 0.1) is 10.8 Å². The number of hydrogen-bond donors (Lipinski definition) is 2. The van der Waals surface area contributed by atoms with Crippen LogP contribution in [0.25, 0.3) is 0 Å². The molecule has 0 unspecified atom stereocenters. The van der Waals surface area contributed by atoms with Crippen LogP contribution in [-0.2, 0) is 6.42 Å². The predicted molar refractivity (Wildman–Crippen MR) is 48.7 cm³/mol. The van der Waals surface area contributed by atoms with Crippen molar-refractivity contribution in [1.82, 2.24) is 0 Å². The van der Waals surface area contributed by atoms with Crippen molar-refractivity contribution in [2.24, 2.45) is 5.73 Å². The lowest BCUT2D eigenvalue weighted by molar-refractivity contribution is -0.384. The number of amidine groups is 1. The molecule has 0 atom stereocenters. The third kappa shape index (κ3) is 2.55. The highest BCUT2D eigenvalue weighted by molar-refractivity contribution is 5.79. The van der Waals surface area contributed by atoms with Crippen LogP contribution < -0.4 is 5.73 Å². The standard InChI is InChI=1S/C8H9N3O2/c9-8(10)5-6-2-1-3-7(4-6)11(12)13/h1-4H,5H2,(H3,9,10). The summed E-state index contributed by atoms with van der Waals surface area (Å²) in [6, 6.07) is 6.11. The van der Waals surface area contributed by atoms with Crippen molar-refractivity contribution in [3.8, 4) is 0 Å². The first-order valence-electron chi connectivity index (χ1n) is 3.66. The third-order valence-corrected chi connectivity index (χ3v) is 1.52. The van der Waals surface area contributed by atoms with Crippen molar-refractivity contribution < 1.29 is 4.92 Å². The summed E-state index contributed by atoms with van der Waals surface area (Å²) in [5, 5.41) is 17.4. The average molecular weight is 179 g/mol. The normalized spacial score (nSPS) is 9.54. The van der Waals surface area contributed by atoms with Crippen LogP contribution in [0.1, 0.15) is 5.56 Å². The van der Waals surface area contributed by atoms with E-state index >= 15 is 0 Å². The SMILES string of the molecule is N=C(N)Cc1cccc([N+](=O)[O-])c1.